The molecule has 1 aliphatic carbocycles. The smallest absolute Gasteiger partial charge is 0.416 e. The van der Waals surface area contributed by atoms with Gasteiger partial charge in [-0.15, -0.1) is 0 Å². The zero-order valence-corrected chi connectivity index (χ0v) is 16.1. The minimum absolute atomic E-state index is 0.202. The third-order valence-electron chi connectivity index (χ3n) is 4.66. The van der Waals surface area contributed by atoms with Crippen molar-refractivity contribution in [2.24, 2.45) is 0 Å². The molecule has 154 valence electrons. The Balaban J connectivity index is 1.52. The Hall–Kier alpha value is -3.42. The number of amides is 1. The molecule has 0 N–H and O–H groups in total. The Bertz CT molecular complexity index is 1050. The van der Waals surface area contributed by atoms with Crippen LogP contribution >= 0.6 is 0 Å². The standard InChI is InChI=1S/C22H18F3N3O2/c1-14(29)28(20-12-13-26-21(27-20)15-2-3-15)17-6-10-19(11-7-17)30-18-8-4-16(5-9-18)22(23,24)25/h4-13,15H,2-3H2,1H3. The molecule has 0 atom stereocenters. The van der Waals surface area contributed by atoms with E-state index in [-0.39, 0.29) is 11.7 Å². The SMILES string of the molecule is CC(=O)N(c1ccc(Oc2ccc(C(F)(F)F)cc2)cc1)c1ccnc(C2CC2)n1. The average molecular weight is 413 g/mol. The second-order valence-corrected chi connectivity index (χ2v) is 7.02. The predicted molar refractivity (Wildman–Crippen MR) is 105 cm³/mol. The van der Waals surface area contributed by atoms with E-state index in [9.17, 15) is 18.0 Å². The number of halogens is 3. The Kier molecular flexibility index (Phi) is 5.15. The maximum Gasteiger partial charge on any atom is 0.416 e. The van der Waals surface area contributed by atoms with Gasteiger partial charge in [0.2, 0.25) is 5.91 Å². The molecule has 8 heteroatoms. The van der Waals surface area contributed by atoms with E-state index in [2.05, 4.69) is 9.97 Å². The van der Waals surface area contributed by atoms with Gasteiger partial charge in [-0.3, -0.25) is 9.69 Å². The van der Waals surface area contributed by atoms with E-state index >= 15 is 0 Å². The molecule has 5 nitrogen and oxygen atoms in total. The van der Waals surface area contributed by atoms with E-state index in [1.807, 2.05) is 0 Å². The highest BCUT2D eigenvalue weighted by molar-refractivity contribution is 5.98. The number of hydrogen-bond donors (Lipinski definition) is 0. The van der Waals surface area contributed by atoms with Gasteiger partial charge in [0, 0.05) is 19.0 Å². The van der Waals surface area contributed by atoms with Gasteiger partial charge in [-0.25, -0.2) is 9.97 Å². The Labute approximate surface area is 171 Å². The lowest BCUT2D eigenvalue weighted by atomic mass is 10.2. The van der Waals surface area contributed by atoms with Crippen molar-refractivity contribution >= 4 is 17.4 Å². The van der Waals surface area contributed by atoms with Crippen molar-refractivity contribution in [3.8, 4) is 11.5 Å². The molecule has 1 aromatic heterocycles. The average Bonchev–Trinajstić information content (AvgIpc) is 3.55. The lowest BCUT2D eigenvalue weighted by molar-refractivity contribution is -0.137. The van der Waals surface area contributed by atoms with Crippen LogP contribution in [0.1, 0.15) is 37.1 Å². The summed E-state index contributed by atoms with van der Waals surface area (Å²) >= 11 is 0. The van der Waals surface area contributed by atoms with Crippen LogP contribution in [-0.2, 0) is 11.0 Å². The maximum absolute atomic E-state index is 12.7. The van der Waals surface area contributed by atoms with E-state index in [1.54, 1.807) is 36.5 Å². The van der Waals surface area contributed by atoms with Gasteiger partial charge in [0.25, 0.3) is 0 Å². The van der Waals surface area contributed by atoms with Gasteiger partial charge in [-0.1, -0.05) is 0 Å². The fraction of sp³-hybridized carbons (Fsp3) is 0.227. The number of alkyl halides is 3. The third-order valence-corrected chi connectivity index (χ3v) is 4.66. The lowest BCUT2D eigenvalue weighted by Crippen LogP contribution is -2.24. The van der Waals surface area contributed by atoms with Crippen molar-refractivity contribution in [3.63, 3.8) is 0 Å². The molecule has 1 fully saturated rings. The molecule has 0 unspecified atom stereocenters. The highest BCUT2D eigenvalue weighted by Gasteiger charge is 2.30. The normalized spacial score (nSPS) is 13.7. The van der Waals surface area contributed by atoms with E-state index in [0.717, 1.165) is 30.8 Å². The van der Waals surface area contributed by atoms with Crippen LogP contribution in [0.15, 0.2) is 60.8 Å². The van der Waals surface area contributed by atoms with Gasteiger partial charge < -0.3 is 4.74 Å². The molecule has 1 amide bonds. The number of anilines is 2. The van der Waals surface area contributed by atoms with Crippen molar-refractivity contribution in [1.29, 1.82) is 0 Å². The van der Waals surface area contributed by atoms with Crippen molar-refractivity contribution in [1.82, 2.24) is 9.97 Å². The van der Waals surface area contributed by atoms with Gasteiger partial charge in [0.15, 0.2) is 0 Å². The predicted octanol–water partition coefficient (Wildman–Crippen LogP) is 5.85. The summed E-state index contributed by atoms with van der Waals surface area (Å²) in [6.45, 7) is 1.45. The second kappa shape index (κ2) is 7.78. The van der Waals surface area contributed by atoms with Crippen LogP contribution in [0.25, 0.3) is 0 Å². The number of rotatable bonds is 5. The van der Waals surface area contributed by atoms with Crippen LogP contribution in [-0.4, -0.2) is 15.9 Å². The fourth-order valence-corrected chi connectivity index (χ4v) is 3.01. The molecule has 1 aliphatic rings. The maximum atomic E-state index is 12.7. The summed E-state index contributed by atoms with van der Waals surface area (Å²) in [7, 11) is 0. The summed E-state index contributed by atoms with van der Waals surface area (Å²) in [5.41, 5.74) is -0.138. The number of nitrogens with zero attached hydrogens (tertiary/aromatic N) is 3. The van der Waals surface area contributed by atoms with Gasteiger partial charge in [0.05, 0.1) is 11.3 Å². The summed E-state index contributed by atoms with van der Waals surface area (Å²) in [6, 6.07) is 12.8. The zero-order chi connectivity index (χ0) is 21.3. The molecule has 1 heterocycles. The molecule has 2 aromatic carbocycles. The van der Waals surface area contributed by atoms with Crippen LogP contribution in [0.2, 0.25) is 0 Å². The third kappa shape index (κ3) is 4.42. The van der Waals surface area contributed by atoms with Crippen molar-refractivity contribution in [3.05, 3.63) is 72.2 Å². The van der Waals surface area contributed by atoms with Gasteiger partial charge in [-0.2, -0.15) is 13.2 Å². The summed E-state index contributed by atoms with van der Waals surface area (Å²) < 4.78 is 43.6. The first-order chi connectivity index (χ1) is 14.3. The number of carbonyl (C=O) groups excluding carboxylic acids is 1. The molecule has 0 spiro atoms. The monoisotopic (exact) mass is 413 g/mol. The summed E-state index contributed by atoms with van der Waals surface area (Å²) in [5.74, 6) is 2.11. The molecular formula is C22H18F3N3O2. The van der Waals surface area contributed by atoms with Crippen LogP contribution < -0.4 is 9.64 Å². The second-order valence-electron chi connectivity index (χ2n) is 7.02. The molecule has 1 saturated carbocycles. The number of ether oxygens (including phenoxy) is 1. The number of aromatic nitrogens is 2. The van der Waals surface area contributed by atoms with E-state index < -0.39 is 11.7 Å². The molecule has 0 bridgehead atoms. The van der Waals surface area contributed by atoms with Crippen LogP contribution in [0.5, 0.6) is 11.5 Å². The summed E-state index contributed by atoms with van der Waals surface area (Å²) in [4.78, 5) is 22.6. The number of benzene rings is 2. The number of carbonyl (C=O) groups is 1. The highest BCUT2D eigenvalue weighted by Crippen LogP contribution is 2.39. The molecule has 0 radical (unpaired) electrons. The van der Waals surface area contributed by atoms with Gasteiger partial charge in [-0.05, 0) is 67.4 Å². The number of hydrogen-bond acceptors (Lipinski definition) is 4. The van der Waals surface area contributed by atoms with E-state index in [4.69, 9.17) is 4.74 Å². The molecule has 0 saturated heterocycles. The van der Waals surface area contributed by atoms with Gasteiger partial charge >= 0.3 is 6.18 Å². The van der Waals surface area contributed by atoms with Crippen LogP contribution in [0, 0.1) is 0 Å². The van der Waals surface area contributed by atoms with Crippen LogP contribution in [0.3, 0.4) is 0 Å². The quantitative estimate of drug-likeness (QED) is 0.527. The zero-order valence-electron chi connectivity index (χ0n) is 16.1. The Morgan fingerprint density at radius 2 is 1.60 bits per heavy atom. The Morgan fingerprint density at radius 3 is 2.13 bits per heavy atom. The van der Waals surface area contributed by atoms with Gasteiger partial charge in [0.1, 0.15) is 23.1 Å². The fourth-order valence-electron chi connectivity index (χ4n) is 3.01. The van der Waals surface area contributed by atoms with E-state index in [0.29, 0.717) is 23.2 Å². The molecule has 3 aromatic rings. The highest BCUT2D eigenvalue weighted by atomic mass is 19.4. The first-order valence-electron chi connectivity index (χ1n) is 9.40. The Morgan fingerprint density at radius 1 is 1.00 bits per heavy atom. The van der Waals surface area contributed by atoms with Crippen molar-refractivity contribution in [2.45, 2.75) is 31.9 Å². The van der Waals surface area contributed by atoms with Crippen molar-refractivity contribution < 1.29 is 22.7 Å². The minimum Gasteiger partial charge on any atom is -0.457 e. The minimum atomic E-state index is -4.39. The van der Waals surface area contributed by atoms with Crippen LogP contribution in [0.4, 0.5) is 24.7 Å². The summed E-state index contributed by atoms with van der Waals surface area (Å²) in [6.07, 6.45) is -0.635. The first kappa shape index (κ1) is 19.9. The largest absolute Gasteiger partial charge is 0.457 e. The van der Waals surface area contributed by atoms with E-state index in [1.165, 1.54) is 24.0 Å². The lowest BCUT2D eigenvalue weighted by Gasteiger charge is -2.21. The molecule has 0 aliphatic heterocycles. The summed E-state index contributed by atoms with van der Waals surface area (Å²) in [5, 5.41) is 0. The van der Waals surface area contributed by atoms with Crippen molar-refractivity contribution in [2.75, 3.05) is 4.90 Å². The molecule has 30 heavy (non-hydrogen) atoms. The first-order valence-corrected chi connectivity index (χ1v) is 9.40. The topological polar surface area (TPSA) is 55.3 Å². The molecule has 4 rings (SSSR count). The molecular weight excluding hydrogens is 395 g/mol.